The zero-order chi connectivity index (χ0) is 9.68. The number of rotatable bonds is 3. The lowest BCUT2D eigenvalue weighted by molar-refractivity contribution is -0.402. The molecule has 13 heavy (non-hydrogen) atoms. The molecule has 0 fully saturated rings. The van der Waals surface area contributed by atoms with Gasteiger partial charge in [-0.05, 0) is 12.1 Å². The Morgan fingerprint density at radius 3 is 2.77 bits per heavy atom. The standard InChI is InChI=1S/C8H6ClNO2S/c9-7-3-1-2-4-8(7)13-6-5-10(11)12/h1-6H. The summed E-state index contributed by atoms with van der Waals surface area (Å²) in [5, 5.41) is 11.9. The molecule has 0 bridgehead atoms. The predicted octanol–water partition coefficient (Wildman–Crippen LogP) is 3.18. The third-order valence-electron chi connectivity index (χ3n) is 1.21. The highest BCUT2D eigenvalue weighted by molar-refractivity contribution is 8.02. The highest BCUT2D eigenvalue weighted by Crippen LogP contribution is 2.26. The molecule has 3 nitrogen and oxygen atoms in total. The topological polar surface area (TPSA) is 43.1 Å². The first kappa shape index (κ1) is 10.1. The number of nitro groups is 1. The van der Waals surface area contributed by atoms with Gasteiger partial charge in [0.1, 0.15) is 0 Å². The van der Waals surface area contributed by atoms with Gasteiger partial charge in [-0.1, -0.05) is 35.5 Å². The SMILES string of the molecule is O=[N+]([O-])C=CSc1ccccc1Cl. The van der Waals surface area contributed by atoms with E-state index in [4.69, 9.17) is 11.6 Å². The van der Waals surface area contributed by atoms with Crippen LogP contribution < -0.4 is 0 Å². The lowest BCUT2D eigenvalue weighted by Crippen LogP contribution is -1.80. The number of hydrogen-bond donors (Lipinski definition) is 0. The Morgan fingerprint density at radius 2 is 2.15 bits per heavy atom. The van der Waals surface area contributed by atoms with Gasteiger partial charge in [0.05, 0.1) is 9.95 Å². The summed E-state index contributed by atoms with van der Waals surface area (Å²) in [6.45, 7) is 0. The Kier molecular flexibility index (Phi) is 3.79. The van der Waals surface area contributed by atoms with Crippen molar-refractivity contribution in [2.45, 2.75) is 4.90 Å². The molecular weight excluding hydrogens is 210 g/mol. The molecule has 0 saturated carbocycles. The van der Waals surface area contributed by atoms with E-state index in [-0.39, 0.29) is 0 Å². The van der Waals surface area contributed by atoms with Crippen LogP contribution in [0.1, 0.15) is 0 Å². The average Bonchev–Trinajstić information content (AvgIpc) is 2.08. The van der Waals surface area contributed by atoms with Crippen molar-refractivity contribution in [1.29, 1.82) is 0 Å². The van der Waals surface area contributed by atoms with Crippen molar-refractivity contribution in [3.8, 4) is 0 Å². The van der Waals surface area contributed by atoms with E-state index >= 15 is 0 Å². The molecule has 5 heteroatoms. The average molecular weight is 216 g/mol. The fourth-order valence-electron chi connectivity index (χ4n) is 0.694. The lowest BCUT2D eigenvalue weighted by atomic mass is 10.4. The summed E-state index contributed by atoms with van der Waals surface area (Å²) in [6.07, 6.45) is 0.883. The number of hydrogen-bond acceptors (Lipinski definition) is 3. The van der Waals surface area contributed by atoms with Gasteiger partial charge in [0, 0.05) is 10.3 Å². The predicted molar refractivity (Wildman–Crippen MR) is 53.4 cm³/mol. The van der Waals surface area contributed by atoms with Crippen molar-refractivity contribution in [3.05, 3.63) is 51.0 Å². The second-order valence-electron chi connectivity index (χ2n) is 2.12. The highest BCUT2D eigenvalue weighted by atomic mass is 35.5. The first-order chi connectivity index (χ1) is 6.20. The molecule has 68 valence electrons. The molecule has 0 spiro atoms. The summed E-state index contributed by atoms with van der Waals surface area (Å²) in [4.78, 5) is 10.2. The van der Waals surface area contributed by atoms with Crippen LogP contribution in [0.15, 0.2) is 40.8 Å². The van der Waals surface area contributed by atoms with E-state index in [1.54, 1.807) is 12.1 Å². The minimum Gasteiger partial charge on any atom is -0.259 e. The Labute approximate surface area is 84.6 Å². The number of nitrogens with zero attached hydrogens (tertiary/aromatic N) is 1. The van der Waals surface area contributed by atoms with E-state index in [0.717, 1.165) is 11.1 Å². The van der Waals surface area contributed by atoms with Gasteiger partial charge in [-0.2, -0.15) is 0 Å². The van der Waals surface area contributed by atoms with Crippen LogP contribution in [0.25, 0.3) is 0 Å². The number of benzene rings is 1. The van der Waals surface area contributed by atoms with Crippen LogP contribution in [0, 0.1) is 10.1 Å². The lowest BCUT2D eigenvalue weighted by Gasteiger charge is -1.96. The molecule has 0 radical (unpaired) electrons. The maximum atomic E-state index is 9.95. The van der Waals surface area contributed by atoms with Crippen molar-refractivity contribution in [2.75, 3.05) is 0 Å². The highest BCUT2D eigenvalue weighted by Gasteiger charge is 1.96. The van der Waals surface area contributed by atoms with Gasteiger partial charge in [-0.3, -0.25) is 10.1 Å². The van der Waals surface area contributed by atoms with Gasteiger partial charge in [0.15, 0.2) is 0 Å². The van der Waals surface area contributed by atoms with Crippen LogP contribution >= 0.6 is 23.4 Å². The van der Waals surface area contributed by atoms with E-state index in [1.807, 2.05) is 12.1 Å². The van der Waals surface area contributed by atoms with Gasteiger partial charge < -0.3 is 0 Å². The van der Waals surface area contributed by atoms with Crippen LogP contribution in [-0.2, 0) is 0 Å². The molecule has 0 aliphatic rings. The molecule has 1 aromatic carbocycles. The summed E-state index contributed by atoms with van der Waals surface area (Å²) in [5.74, 6) is 0. The second kappa shape index (κ2) is 4.89. The van der Waals surface area contributed by atoms with Crippen molar-refractivity contribution in [1.82, 2.24) is 0 Å². The van der Waals surface area contributed by atoms with Crippen LogP contribution in [-0.4, -0.2) is 4.92 Å². The normalized spacial score (nSPS) is 10.5. The van der Waals surface area contributed by atoms with Crippen LogP contribution in [0.2, 0.25) is 5.02 Å². The van der Waals surface area contributed by atoms with Crippen LogP contribution in [0.5, 0.6) is 0 Å². The van der Waals surface area contributed by atoms with Crippen LogP contribution in [0.4, 0.5) is 0 Å². The molecule has 0 heterocycles. The summed E-state index contributed by atoms with van der Waals surface area (Å²) in [5.41, 5.74) is 0. The molecule has 0 atom stereocenters. The fourth-order valence-corrected chi connectivity index (χ4v) is 1.61. The molecule has 0 unspecified atom stereocenters. The monoisotopic (exact) mass is 215 g/mol. The van der Waals surface area contributed by atoms with Gasteiger partial charge in [-0.25, -0.2) is 0 Å². The van der Waals surface area contributed by atoms with Gasteiger partial charge in [-0.15, -0.1) is 0 Å². The maximum Gasteiger partial charge on any atom is 0.241 e. The molecule has 0 N–H and O–H groups in total. The molecule has 0 aliphatic heterocycles. The zero-order valence-electron chi connectivity index (χ0n) is 6.51. The summed E-state index contributed by atoms with van der Waals surface area (Å²) in [7, 11) is 0. The molecule has 1 aromatic rings. The quantitative estimate of drug-likeness (QED) is 0.442. The van der Waals surface area contributed by atoms with Crippen molar-refractivity contribution in [2.24, 2.45) is 0 Å². The smallest absolute Gasteiger partial charge is 0.241 e. The summed E-state index contributed by atoms with van der Waals surface area (Å²) < 4.78 is 0. The minimum absolute atomic E-state index is 0.510. The fraction of sp³-hybridized carbons (Fsp3) is 0. The van der Waals surface area contributed by atoms with E-state index in [9.17, 15) is 10.1 Å². The van der Waals surface area contributed by atoms with Crippen molar-refractivity contribution < 1.29 is 4.92 Å². The Hall–Kier alpha value is -1.00. The zero-order valence-corrected chi connectivity index (χ0v) is 8.09. The Balaban J connectivity index is 2.64. The van der Waals surface area contributed by atoms with Crippen molar-refractivity contribution >= 4 is 23.4 Å². The molecule has 0 amide bonds. The van der Waals surface area contributed by atoms with E-state index in [2.05, 4.69) is 0 Å². The second-order valence-corrected chi connectivity index (χ2v) is 3.47. The molecule has 0 saturated heterocycles. The molecule has 1 rings (SSSR count). The number of halogens is 1. The third kappa shape index (κ3) is 3.48. The van der Waals surface area contributed by atoms with E-state index in [1.165, 1.54) is 17.2 Å². The molecule has 0 aliphatic carbocycles. The minimum atomic E-state index is -0.510. The van der Waals surface area contributed by atoms with Gasteiger partial charge >= 0.3 is 0 Å². The first-order valence-electron chi connectivity index (χ1n) is 3.41. The first-order valence-corrected chi connectivity index (χ1v) is 4.67. The van der Waals surface area contributed by atoms with Crippen LogP contribution in [0.3, 0.4) is 0 Å². The van der Waals surface area contributed by atoms with E-state index < -0.39 is 4.92 Å². The van der Waals surface area contributed by atoms with Gasteiger partial charge in [0.2, 0.25) is 6.20 Å². The number of thioether (sulfide) groups is 1. The third-order valence-corrected chi connectivity index (χ3v) is 2.52. The molecule has 0 aromatic heterocycles. The largest absolute Gasteiger partial charge is 0.259 e. The summed E-state index contributed by atoms with van der Waals surface area (Å²) >= 11 is 7.04. The maximum absolute atomic E-state index is 9.95. The Bertz CT molecular complexity index is 341. The molecular formula is C8H6ClNO2S. The Morgan fingerprint density at radius 1 is 1.46 bits per heavy atom. The van der Waals surface area contributed by atoms with E-state index in [0.29, 0.717) is 5.02 Å². The van der Waals surface area contributed by atoms with Crippen molar-refractivity contribution in [3.63, 3.8) is 0 Å². The summed E-state index contributed by atoms with van der Waals surface area (Å²) in [6, 6.07) is 7.18. The van der Waals surface area contributed by atoms with Gasteiger partial charge in [0.25, 0.3) is 0 Å².